The summed E-state index contributed by atoms with van der Waals surface area (Å²) in [5, 5.41) is 9.39. The lowest BCUT2D eigenvalue weighted by Gasteiger charge is -2.10. The van der Waals surface area contributed by atoms with Crippen molar-refractivity contribution in [2.45, 2.75) is 6.61 Å². The van der Waals surface area contributed by atoms with Crippen LogP contribution in [0.1, 0.15) is 5.56 Å². The van der Waals surface area contributed by atoms with Gasteiger partial charge in [0.1, 0.15) is 17.2 Å². The monoisotopic (exact) mass is 245 g/mol. The molecule has 0 radical (unpaired) electrons. The van der Waals surface area contributed by atoms with Crippen LogP contribution in [0.5, 0.6) is 11.5 Å². The van der Waals surface area contributed by atoms with Gasteiger partial charge >= 0.3 is 0 Å². The van der Waals surface area contributed by atoms with Crippen molar-refractivity contribution in [3.05, 3.63) is 54.1 Å². The second-order valence-electron chi connectivity index (χ2n) is 3.79. The standard InChI is InChI=1S/C14H15NO3/c15-14-12(16)7-4-8-13(14)18-10-17-9-11-5-2-1-3-6-11/h1-8,16H,9-10,15H2. The summed E-state index contributed by atoms with van der Waals surface area (Å²) in [6.45, 7) is 0.558. The SMILES string of the molecule is Nc1c(O)cccc1OCOCc1ccccc1. The van der Waals surface area contributed by atoms with Crippen molar-refractivity contribution in [3.63, 3.8) is 0 Å². The molecule has 0 aliphatic heterocycles. The summed E-state index contributed by atoms with van der Waals surface area (Å²) in [6.07, 6.45) is 0. The first-order valence-electron chi connectivity index (χ1n) is 5.59. The first-order chi connectivity index (χ1) is 8.77. The van der Waals surface area contributed by atoms with Crippen LogP contribution >= 0.6 is 0 Å². The van der Waals surface area contributed by atoms with E-state index in [-0.39, 0.29) is 18.2 Å². The largest absolute Gasteiger partial charge is 0.506 e. The molecule has 2 aromatic carbocycles. The molecule has 94 valence electrons. The number of para-hydroxylation sites is 1. The van der Waals surface area contributed by atoms with Crippen molar-refractivity contribution in [1.29, 1.82) is 0 Å². The molecule has 18 heavy (non-hydrogen) atoms. The van der Waals surface area contributed by atoms with Crippen molar-refractivity contribution in [3.8, 4) is 11.5 Å². The molecule has 2 aromatic rings. The number of benzene rings is 2. The number of phenols is 1. The Bertz CT molecular complexity index is 500. The van der Waals surface area contributed by atoms with Gasteiger partial charge in [0, 0.05) is 0 Å². The molecule has 0 spiro atoms. The van der Waals surface area contributed by atoms with Crippen LogP contribution in [0.2, 0.25) is 0 Å². The topological polar surface area (TPSA) is 64.7 Å². The molecule has 0 fully saturated rings. The highest BCUT2D eigenvalue weighted by atomic mass is 16.7. The van der Waals surface area contributed by atoms with Crippen molar-refractivity contribution >= 4 is 5.69 Å². The van der Waals surface area contributed by atoms with Crippen LogP contribution in [0, 0.1) is 0 Å². The molecule has 0 bridgehead atoms. The molecule has 0 heterocycles. The van der Waals surface area contributed by atoms with Crippen LogP contribution in [-0.2, 0) is 11.3 Å². The van der Waals surface area contributed by atoms with Gasteiger partial charge in [0.2, 0.25) is 0 Å². The van der Waals surface area contributed by atoms with Gasteiger partial charge < -0.3 is 20.3 Å². The smallest absolute Gasteiger partial charge is 0.189 e. The maximum absolute atomic E-state index is 9.39. The van der Waals surface area contributed by atoms with Gasteiger partial charge in [-0.15, -0.1) is 0 Å². The number of hydrogen-bond acceptors (Lipinski definition) is 4. The quantitative estimate of drug-likeness (QED) is 0.368. The number of ether oxygens (including phenoxy) is 2. The average molecular weight is 245 g/mol. The average Bonchev–Trinajstić information content (AvgIpc) is 2.40. The molecule has 0 atom stereocenters. The van der Waals surface area contributed by atoms with E-state index >= 15 is 0 Å². The lowest BCUT2D eigenvalue weighted by Crippen LogP contribution is -2.04. The number of phenolic OH excluding ortho intramolecular Hbond substituents is 1. The summed E-state index contributed by atoms with van der Waals surface area (Å²) < 4.78 is 10.7. The first kappa shape index (κ1) is 12.3. The maximum Gasteiger partial charge on any atom is 0.189 e. The Morgan fingerprint density at radius 3 is 2.56 bits per heavy atom. The third kappa shape index (κ3) is 3.15. The van der Waals surface area contributed by atoms with Crippen LogP contribution in [0.15, 0.2) is 48.5 Å². The van der Waals surface area contributed by atoms with Gasteiger partial charge in [0.15, 0.2) is 6.79 Å². The van der Waals surface area contributed by atoms with Crippen LogP contribution in [0.4, 0.5) is 5.69 Å². The van der Waals surface area contributed by atoms with Crippen molar-refractivity contribution in [2.24, 2.45) is 0 Å². The second-order valence-corrected chi connectivity index (χ2v) is 3.79. The lowest BCUT2D eigenvalue weighted by molar-refractivity contribution is 0.00540. The number of anilines is 1. The molecule has 0 unspecified atom stereocenters. The van der Waals surface area contributed by atoms with E-state index in [4.69, 9.17) is 15.2 Å². The van der Waals surface area contributed by atoms with Gasteiger partial charge in [-0.05, 0) is 17.7 Å². The summed E-state index contributed by atoms with van der Waals surface area (Å²) in [7, 11) is 0. The second kappa shape index (κ2) is 5.93. The molecule has 0 aliphatic carbocycles. The predicted molar refractivity (Wildman–Crippen MR) is 69.2 cm³/mol. The van der Waals surface area contributed by atoms with E-state index in [2.05, 4.69) is 0 Å². The highest BCUT2D eigenvalue weighted by Crippen LogP contribution is 2.29. The van der Waals surface area contributed by atoms with Gasteiger partial charge in [0.25, 0.3) is 0 Å². The zero-order valence-corrected chi connectivity index (χ0v) is 9.87. The maximum atomic E-state index is 9.39. The van der Waals surface area contributed by atoms with Crippen LogP contribution in [0.3, 0.4) is 0 Å². The fourth-order valence-corrected chi connectivity index (χ4v) is 1.50. The van der Waals surface area contributed by atoms with E-state index in [0.29, 0.717) is 12.4 Å². The van der Waals surface area contributed by atoms with E-state index in [1.165, 1.54) is 6.07 Å². The number of nitrogen functional groups attached to an aromatic ring is 1. The van der Waals surface area contributed by atoms with Gasteiger partial charge in [-0.2, -0.15) is 0 Å². The Morgan fingerprint density at radius 2 is 1.78 bits per heavy atom. The summed E-state index contributed by atoms with van der Waals surface area (Å²) in [6, 6.07) is 14.7. The summed E-state index contributed by atoms with van der Waals surface area (Å²) in [4.78, 5) is 0. The zero-order valence-electron chi connectivity index (χ0n) is 9.87. The van der Waals surface area contributed by atoms with E-state index in [9.17, 15) is 5.11 Å². The van der Waals surface area contributed by atoms with Gasteiger partial charge in [-0.25, -0.2) is 0 Å². The number of hydrogen-bond donors (Lipinski definition) is 2. The minimum Gasteiger partial charge on any atom is -0.506 e. The van der Waals surface area contributed by atoms with Crippen LogP contribution in [-0.4, -0.2) is 11.9 Å². The molecular formula is C14H15NO3. The number of nitrogens with two attached hydrogens (primary N) is 1. The molecule has 0 amide bonds. The summed E-state index contributed by atoms with van der Waals surface area (Å²) >= 11 is 0. The van der Waals surface area contributed by atoms with Gasteiger partial charge in [0.05, 0.1) is 6.61 Å². The summed E-state index contributed by atoms with van der Waals surface area (Å²) in [5.74, 6) is 0.429. The van der Waals surface area contributed by atoms with Crippen LogP contribution < -0.4 is 10.5 Å². The Morgan fingerprint density at radius 1 is 1.00 bits per heavy atom. The van der Waals surface area contributed by atoms with E-state index in [1.54, 1.807) is 12.1 Å². The molecule has 3 N–H and O–H groups in total. The Hall–Kier alpha value is -2.20. The predicted octanol–water partition coefficient (Wildman–Crippen LogP) is 2.53. The Labute approximate surface area is 106 Å². The molecule has 2 rings (SSSR count). The minimum absolute atomic E-state index is 0.00978. The molecule has 0 aliphatic rings. The lowest BCUT2D eigenvalue weighted by atomic mass is 10.2. The third-order valence-electron chi connectivity index (χ3n) is 2.45. The minimum atomic E-state index is 0.00978. The van der Waals surface area contributed by atoms with Crippen molar-refractivity contribution in [2.75, 3.05) is 12.5 Å². The Kier molecular flexibility index (Phi) is 4.04. The van der Waals surface area contributed by atoms with E-state index in [0.717, 1.165) is 5.56 Å². The van der Waals surface area contributed by atoms with Crippen molar-refractivity contribution in [1.82, 2.24) is 0 Å². The zero-order chi connectivity index (χ0) is 12.8. The third-order valence-corrected chi connectivity index (χ3v) is 2.45. The molecule has 4 nitrogen and oxygen atoms in total. The van der Waals surface area contributed by atoms with Gasteiger partial charge in [-0.3, -0.25) is 0 Å². The molecule has 4 heteroatoms. The summed E-state index contributed by atoms with van der Waals surface area (Å²) in [5.41, 5.74) is 6.94. The number of aromatic hydroxyl groups is 1. The normalized spacial score (nSPS) is 10.2. The molecule has 0 saturated heterocycles. The molecule has 0 aromatic heterocycles. The highest BCUT2D eigenvalue weighted by molar-refractivity contribution is 5.61. The van der Waals surface area contributed by atoms with Crippen molar-refractivity contribution < 1.29 is 14.6 Å². The first-order valence-corrected chi connectivity index (χ1v) is 5.59. The molecular weight excluding hydrogens is 230 g/mol. The number of rotatable bonds is 5. The Balaban J connectivity index is 1.81. The van der Waals surface area contributed by atoms with E-state index < -0.39 is 0 Å². The van der Waals surface area contributed by atoms with E-state index in [1.807, 2.05) is 30.3 Å². The fraction of sp³-hybridized carbons (Fsp3) is 0.143. The fourth-order valence-electron chi connectivity index (χ4n) is 1.50. The van der Waals surface area contributed by atoms with Gasteiger partial charge in [-0.1, -0.05) is 36.4 Å². The highest BCUT2D eigenvalue weighted by Gasteiger charge is 2.04. The molecule has 0 saturated carbocycles. The van der Waals surface area contributed by atoms with Crippen LogP contribution in [0.25, 0.3) is 0 Å².